The third kappa shape index (κ3) is 1.48. The fraction of sp³-hybridized carbons (Fsp3) is 0.850. The van der Waals surface area contributed by atoms with E-state index in [0.717, 1.165) is 38.5 Å². The summed E-state index contributed by atoms with van der Waals surface area (Å²) in [5.41, 5.74) is 0.336. The highest BCUT2D eigenvalue weighted by Gasteiger charge is 2.76. The lowest BCUT2D eigenvalue weighted by atomic mass is 9.45. The molecule has 1 heterocycles. The summed E-state index contributed by atoms with van der Waals surface area (Å²) in [6.07, 6.45) is 6.65. The Balaban J connectivity index is 1.55. The van der Waals surface area contributed by atoms with Gasteiger partial charge < -0.3 is 14.9 Å². The maximum Gasteiger partial charge on any atom is 0.146 e. The van der Waals surface area contributed by atoms with E-state index in [2.05, 4.69) is 19.9 Å². The van der Waals surface area contributed by atoms with Crippen molar-refractivity contribution in [1.29, 1.82) is 5.26 Å². The van der Waals surface area contributed by atoms with E-state index in [-0.39, 0.29) is 34.4 Å². The van der Waals surface area contributed by atoms with Gasteiger partial charge in [0, 0.05) is 5.41 Å². The zero-order valence-electron chi connectivity index (χ0n) is 14.6. The van der Waals surface area contributed by atoms with Crippen molar-refractivity contribution in [2.24, 2.45) is 28.6 Å². The highest BCUT2D eigenvalue weighted by atomic mass is 16.6. The minimum absolute atomic E-state index is 0.0489. The molecule has 0 amide bonds. The van der Waals surface area contributed by atoms with E-state index in [1.54, 1.807) is 0 Å². The first kappa shape index (κ1) is 15.2. The molecule has 4 nitrogen and oxygen atoms in total. The Morgan fingerprint density at radius 1 is 1.12 bits per heavy atom. The van der Waals surface area contributed by atoms with Crippen LogP contribution in [0.2, 0.25) is 0 Å². The molecule has 5 rings (SSSR count). The van der Waals surface area contributed by atoms with Gasteiger partial charge in [0.2, 0.25) is 0 Å². The number of fused-ring (bicyclic) bond motifs is 4. The quantitative estimate of drug-likeness (QED) is 0.667. The van der Waals surface area contributed by atoms with Gasteiger partial charge in [-0.1, -0.05) is 13.8 Å². The van der Waals surface area contributed by atoms with Crippen LogP contribution in [-0.4, -0.2) is 28.0 Å². The van der Waals surface area contributed by atoms with Crippen LogP contribution in [0.3, 0.4) is 0 Å². The maximum atomic E-state index is 10.5. The van der Waals surface area contributed by atoms with E-state index in [1.165, 1.54) is 0 Å². The molecular formula is C20H27NO3. The number of rotatable bonds is 0. The number of nitriles is 1. The topological polar surface area (TPSA) is 76.8 Å². The third-order valence-electron chi connectivity index (χ3n) is 8.95. The molecule has 1 saturated heterocycles. The number of epoxide rings is 1. The van der Waals surface area contributed by atoms with Crippen molar-refractivity contribution in [2.75, 3.05) is 0 Å². The zero-order valence-corrected chi connectivity index (χ0v) is 14.6. The minimum Gasteiger partial charge on any atom is -0.508 e. The van der Waals surface area contributed by atoms with Crippen molar-refractivity contribution >= 4 is 0 Å². The molecule has 24 heavy (non-hydrogen) atoms. The molecule has 8 atom stereocenters. The molecule has 0 unspecified atom stereocenters. The molecular weight excluding hydrogens is 302 g/mol. The summed E-state index contributed by atoms with van der Waals surface area (Å²) >= 11 is 0. The van der Waals surface area contributed by atoms with E-state index in [4.69, 9.17) is 4.74 Å². The maximum absolute atomic E-state index is 10.5. The van der Waals surface area contributed by atoms with Gasteiger partial charge in [0.1, 0.15) is 17.5 Å². The van der Waals surface area contributed by atoms with Crippen molar-refractivity contribution in [1.82, 2.24) is 0 Å². The summed E-state index contributed by atoms with van der Waals surface area (Å²) in [6, 6.07) is 2.23. The molecule has 1 aliphatic heterocycles. The first-order chi connectivity index (χ1) is 11.4. The number of allylic oxidation sites excluding steroid dienone is 1. The van der Waals surface area contributed by atoms with E-state index in [1.807, 2.05) is 0 Å². The smallest absolute Gasteiger partial charge is 0.146 e. The van der Waals surface area contributed by atoms with Crippen molar-refractivity contribution < 1.29 is 14.9 Å². The fourth-order valence-electron chi connectivity index (χ4n) is 7.50. The van der Waals surface area contributed by atoms with Crippen LogP contribution >= 0.6 is 0 Å². The lowest BCUT2D eigenvalue weighted by Crippen LogP contribution is -2.57. The van der Waals surface area contributed by atoms with Crippen molar-refractivity contribution in [3.8, 4) is 6.07 Å². The Hall–Kier alpha value is -1.05. The van der Waals surface area contributed by atoms with Gasteiger partial charge in [-0.3, -0.25) is 0 Å². The molecule has 5 aliphatic rings. The normalized spacial score (nSPS) is 58.2. The van der Waals surface area contributed by atoms with Crippen molar-refractivity contribution in [3.05, 3.63) is 11.3 Å². The molecule has 4 heteroatoms. The molecule has 130 valence electrons. The molecule has 1 spiro atoms. The number of hydrogen-bond donors (Lipinski definition) is 2. The van der Waals surface area contributed by atoms with E-state index in [0.29, 0.717) is 29.7 Å². The SMILES string of the molecule is C[C@]12CC[C@H]3[C@@H](CC[C@]45O[C@H]4C(O)=C(C#N)C[C@]35C)[C@@H]1CC[C@@H]2O. The van der Waals surface area contributed by atoms with Gasteiger partial charge in [0.25, 0.3) is 0 Å². The van der Waals surface area contributed by atoms with Crippen molar-refractivity contribution in [2.45, 2.75) is 76.6 Å². The summed E-state index contributed by atoms with van der Waals surface area (Å²) in [4.78, 5) is 0. The molecule has 0 aromatic heterocycles. The Labute approximate surface area is 143 Å². The minimum atomic E-state index is -0.241. The molecule has 4 aliphatic carbocycles. The Morgan fingerprint density at radius 2 is 1.92 bits per heavy atom. The van der Waals surface area contributed by atoms with Crippen LogP contribution in [0.5, 0.6) is 0 Å². The van der Waals surface area contributed by atoms with Gasteiger partial charge in [-0.25, -0.2) is 0 Å². The van der Waals surface area contributed by atoms with Gasteiger partial charge >= 0.3 is 0 Å². The molecule has 4 fully saturated rings. The van der Waals surface area contributed by atoms with E-state index >= 15 is 0 Å². The number of ether oxygens (including phenoxy) is 1. The van der Waals surface area contributed by atoms with Crippen LogP contribution in [0.15, 0.2) is 11.3 Å². The molecule has 0 bridgehead atoms. The van der Waals surface area contributed by atoms with Crippen LogP contribution in [0.1, 0.15) is 58.8 Å². The van der Waals surface area contributed by atoms with Gasteiger partial charge in [-0.05, 0) is 68.1 Å². The van der Waals surface area contributed by atoms with Crippen LogP contribution in [-0.2, 0) is 4.74 Å². The van der Waals surface area contributed by atoms with Crippen LogP contribution < -0.4 is 0 Å². The van der Waals surface area contributed by atoms with Gasteiger partial charge in [0.15, 0.2) is 0 Å². The fourth-order valence-corrected chi connectivity index (χ4v) is 7.50. The van der Waals surface area contributed by atoms with Crippen LogP contribution in [0.4, 0.5) is 0 Å². The average Bonchev–Trinajstić information content (AvgIpc) is 3.23. The molecule has 3 saturated carbocycles. The molecule has 0 radical (unpaired) electrons. The van der Waals surface area contributed by atoms with Gasteiger partial charge in [-0.15, -0.1) is 0 Å². The van der Waals surface area contributed by atoms with E-state index < -0.39 is 0 Å². The van der Waals surface area contributed by atoms with Gasteiger partial charge in [0.05, 0.1) is 17.7 Å². The second-order valence-corrected chi connectivity index (χ2v) is 9.51. The van der Waals surface area contributed by atoms with Gasteiger partial charge in [-0.2, -0.15) is 5.26 Å². The number of aliphatic hydroxyl groups is 2. The lowest BCUT2D eigenvalue weighted by molar-refractivity contribution is -0.116. The lowest BCUT2D eigenvalue weighted by Gasteiger charge is -2.58. The summed E-state index contributed by atoms with van der Waals surface area (Å²) < 4.78 is 6.11. The summed E-state index contributed by atoms with van der Waals surface area (Å²) in [7, 11) is 0. The Morgan fingerprint density at radius 3 is 2.67 bits per heavy atom. The second-order valence-electron chi connectivity index (χ2n) is 9.51. The van der Waals surface area contributed by atoms with E-state index in [9.17, 15) is 15.5 Å². The summed E-state index contributed by atoms with van der Waals surface area (Å²) in [5, 5.41) is 30.4. The first-order valence-electron chi connectivity index (χ1n) is 9.55. The Kier molecular flexibility index (Phi) is 2.77. The van der Waals surface area contributed by atoms with Crippen molar-refractivity contribution in [3.63, 3.8) is 0 Å². The zero-order chi connectivity index (χ0) is 16.9. The molecule has 0 aromatic rings. The molecule has 0 aromatic carbocycles. The molecule has 2 N–H and O–H groups in total. The Bertz CT molecular complexity index is 681. The predicted octanol–water partition coefficient (Wildman–Crippen LogP) is 3.47. The average molecular weight is 329 g/mol. The first-order valence-corrected chi connectivity index (χ1v) is 9.55. The van der Waals surface area contributed by atoms with Crippen LogP contribution in [0, 0.1) is 39.9 Å². The summed E-state index contributed by atoms with van der Waals surface area (Å²) in [5.74, 6) is 1.96. The predicted molar refractivity (Wildman–Crippen MR) is 87.9 cm³/mol. The standard InChI is InChI=1S/C20H27NO3/c1-18-7-6-14-12(13(18)3-4-15(18)22)5-8-20-17(24-20)16(23)11(10-21)9-19(14,20)2/h12-15,17,22-23H,3-9H2,1-2H3/t12-,13-,14-,15-,17-,18-,19+,20-/m0/s1. The highest BCUT2D eigenvalue weighted by molar-refractivity contribution is 5.41. The monoisotopic (exact) mass is 329 g/mol. The third-order valence-corrected chi connectivity index (χ3v) is 8.95. The van der Waals surface area contributed by atoms with Crippen LogP contribution in [0.25, 0.3) is 0 Å². The summed E-state index contributed by atoms with van der Waals surface area (Å²) in [6.45, 7) is 4.60. The number of hydrogen-bond acceptors (Lipinski definition) is 4. The second kappa shape index (κ2) is 4.37. The largest absolute Gasteiger partial charge is 0.508 e. The highest BCUT2D eigenvalue weighted by Crippen LogP contribution is 2.73. The number of nitrogens with zero attached hydrogens (tertiary/aromatic N) is 1. The number of aliphatic hydroxyl groups excluding tert-OH is 2.